The first kappa shape index (κ1) is 37.2. The van der Waals surface area contributed by atoms with Gasteiger partial charge < -0.3 is 46.3 Å². The van der Waals surface area contributed by atoms with Crippen molar-refractivity contribution in [1.29, 1.82) is 0 Å². The van der Waals surface area contributed by atoms with Crippen LogP contribution >= 0.6 is 0 Å². The van der Waals surface area contributed by atoms with Crippen molar-refractivity contribution in [1.82, 2.24) is 45.8 Å². The molecule has 2 aromatic carbocycles. The Morgan fingerprint density at radius 2 is 1.56 bits per heavy atom. The van der Waals surface area contributed by atoms with Crippen molar-refractivity contribution in [3.05, 3.63) is 108 Å². The molecule has 0 bridgehead atoms. The van der Waals surface area contributed by atoms with Gasteiger partial charge in [0.1, 0.15) is 18.0 Å². The fraction of sp³-hybridized carbons (Fsp3) is 0.359. The molecule has 16 nitrogen and oxygen atoms in total. The molecule has 5 atom stereocenters. The molecule has 1 aliphatic heterocycles. The highest BCUT2D eigenvalue weighted by molar-refractivity contribution is 5.94. The SMILES string of the molecule is CCC(=O)N[C@H]1C[C@@H](n2cnc3c(NC(c4ccccc4)c4ccccc4)nc(C(=O)NCCNC(=O)N[C@@H]4CCN(c5ccccn5)C4)nc32)[C@H](O)[C@@H]1O. The van der Waals surface area contributed by atoms with Gasteiger partial charge in [-0.2, -0.15) is 0 Å². The Morgan fingerprint density at radius 1 is 0.855 bits per heavy atom. The topological polar surface area (TPSA) is 212 Å². The number of anilines is 2. The quantitative estimate of drug-likeness (QED) is 0.0869. The van der Waals surface area contributed by atoms with E-state index in [0.29, 0.717) is 12.1 Å². The minimum atomic E-state index is -1.25. The van der Waals surface area contributed by atoms with Gasteiger partial charge in [0.05, 0.1) is 24.5 Å². The van der Waals surface area contributed by atoms with Crippen LogP contribution in [-0.2, 0) is 4.79 Å². The van der Waals surface area contributed by atoms with Crippen molar-refractivity contribution >= 4 is 40.6 Å². The molecule has 0 unspecified atom stereocenters. The Labute approximate surface area is 317 Å². The van der Waals surface area contributed by atoms with E-state index in [9.17, 15) is 24.6 Å². The molecule has 1 saturated heterocycles. The zero-order valence-corrected chi connectivity index (χ0v) is 30.4. The Bertz CT molecular complexity index is 2050. The van der Waals surface area contributed by atoms with Gasteiger partial charge in [0.15, 0.2) is 17.0 Å². The van der Waals surface area contributed by atoms with Crippen LogP contribution in [0.2, 0.25) is 0 Å². The van der Waals surface area contributed by atoms with Crippen molar-refractivity contribution in [3.8, 4) is 0 Å². The van der Waals surface area contributed by atoms with Gasteiger partial charge in [-0.15, -0.1) is 0 Å². The second-order valence-electron chi connectivity index (χ2n) is 13.7. The van der Waals surface area contributed by atoms with E-state index in [0.717, 1.165) is 29.9 Å². The molecular formula is C39H45N11O5. The predicted molar refractivity (Wildman–Crippen MR) is 205 cm³/mol. The van der Waals surface area contributed by atoms with E-state index in [1.54, 1.807) is 17.7 Å². The molecular weight excluding hydrogens is 703 g/mol. The number of imidazole rings is 1. The lowest BCUT2D eigenvalue weighted by Crippen LogP contribution is -2.45. The van der Waals surface area contributed by atoms with Gasteiger partial charge in [0, 0.05) is 44.8 Å². The maximum atomic E-state index is 13.7. The molecule has 3 aromatic heterocycles. The van der Waals surface area contributed by atoms with Crippen LogP contribution in [0.25, 0.3) is 11.2 Å². The van der Waals surface area contributed by atoms with Crippen LogP contribution in [0.5, 0.6) is 0 Å². The maximum Gasteiger partial charge on any atom is 0.315 e. The molecule has 0 radical (unpaired) electrons. The Hall–Kier alpha value is -6.13. The number of rotatable bonds is 13. The highest BCUT2D eigenvalue weighted by Crippen LogP contribution is 2.35. The first-order valence-corrected chi connectivity index (χ1v) is 18.5. The number of hydrogen-bond acceptors (Lipinski definition) is 11. The van der Waals surface area contributed by atoms with E-state index in [-0.39, 0.29) is 67.2 Å². The van der Waals surface area contributed by atoms with Gasteiger partial charge in [-0.05, 0) is 36.1 Å². The third kappa shape index (κ3) is 8.50. The molecule has 16 heteroatoms. The lowest BCUT2D eigenvalue weighted by Gasteiger charge is -2.21. The molecule has 286 valence electrons. The fourth-order valence-electron chi connectivity index (χ4n) is 7.18. The molecule has 2 fully saturated rings. The number of hydrogen-bond donors (Lipinski definition) is 7. The van der Waals surface area contributed by atoms with Crippen molar-refractivity contribution in [2.45, 2.75) is 62.6 Å². The molecule has 1 aliphatic carbocycles. The third-order valence-corrected chi connectivity index (χ3v) is 10.0. The number of aliphatic hydroxyl groups excluding tert-OH is 2. The number of pyridine rings is 1. The van der Waals surface area contributed by atoms with Crippen molar-refractivity contribution in [3.63, 3.8) is 0 Å². The molecule has 0 spiro atoms. The van der Waals surface area contributed by atoms with Crippen LogP contribution in [0.4, 0.5) is 16.4 Å². The second-order valence-corrected chi connectivity index (χ2v) is 13.7. The summed E-state index contributed by atoms with van der Waals surface area (Å²) in [6.07, 6.45) is 2.00. The highest BCUT2D eigenvalue weighted by Gasteiger charge is 2.44. The smallest absolute Gasteiger partial charge is 0.315 e. The summed E-state index contributed by atoms with van der Waals surface area (Å²) in [4.78, 5) is 59.0. The van der Waals surface area contributed by atoms with Gasteiger partial charge in [0.25, 0.3) is 5.91 Å². The van der Waals surface area contributed by atoms with Gasteiger partial charge in [-0.25, -0.2) is 24.7 Å². The van der Waals surface area contributed by atoms with Crippen molar-refractivity contribution < 1.29 is 24.6 Å². The lowest BCUT2D eigenvalue weighted by molar-refractivity contribution is -0.122. The summed E-state index contributed by atoms with van der Waals surface area (Å²) < 4.78 is 1.62. The van der Waals surface area contributed by atoms with Gasteiger partial charge in [-0.3, -0.25) is 9.59 Å². The van der Waals surface area contributed by atoms with Gasteiger partial charge in [0.2, 0.25) is 11.7 Å². The molecule has 4 heterocycles. The summed E-state index contributed by atoms with van der Waals surface area (Å²) in [6, 6.07) is 23.2. The fourth-order valence-corrected chi connectivity index (χ4v) is 7.18. The van der Waals surface area contributed by atoms with Crippen LogP contribution in [0, 0.1) is 0 Å². The normalized spacial score (nSPS) is 20.7. The number of amides is 4. The number of carbonyl (C=O) groups is 3. The number of benzene rings is 2. The van der Waals surface area contributed by atoms with Gasteiger partial charge in [-0.1, -0.05) is 73.7 Å². The molecule has 5 aromatic rings. The average Bonchev–Trinajstić information content (AvgIpc) is 3.94. The second kappa shape index (κ2) is 16.9. The van der Waals surface area contributed by atoms with E-state index in [1.165, 1.54) is 6.33 Å². The first-order chi connectivity index (χ1) is 26.8. The number of aliphatic hydroxyl groups is 2. The number of carbonyl (C=O) groups excluding carboxylic acids is 3. The Balaban J connectivity index is 1.09. The number of aromatic nitrogens is 5. The highest BCUT2D eigenvalue weighted by atomic mass is 16.3. The molecule has 1 saturated carbocycles. The van der Waals surface area contributed by atoms with E-state index >= 15 is 0 Å². The van der Waals surface area contributed by atoms with Crippen LogP contribution < -0.4 is 31.5 Å². The summed E-state index contributed by atoms with van der Waals surface area (Å²) >= 11 is 0. The van der Waals surface area contributed by atoms with Crippen LogP contribution in [0.1, 0.15) is 60.0 Å². The summed E-state index contributed by atoms with van der Waals surface area (Å²) in [5.74, 6) is 0.160. The lowest BCUT2D eigenvalue weighted by atomic mass is 9.99. The molecule has 55 heavy (non-hydrogen) atoms. The molecule has 7 N–H and O–H groups in total. The van der Waals surface area contributed by atoms with Crippen molar-refractivity contribution in [2.75, 3.05) is 36.4 Å². The van der Waals surface area contributed by atoms with E-state index in [2.05, 4.69) is 51.4 Å². The first-order valence-electron chi connectivity index (χ1n) is 18.5. The van der Waals surface area contributed by atoms with E-state index in [4.69, 9.17) is 0 Å². The average molecular weight is 748 g/mol. The third-order valence-electron chi connectivity index (χ3n) is 10.0. The Kier molecular flexibility index (Phi) is 11.4. The van der Waals surface area contributed by atoms with Gasteiger partial charge >= 0.3 is 6.03 Å². The van der Waals surface area contributed by atoms with Crippen LogP contribution in [0.3, 0.4) is 0 Å². The zero-order chi connectivity index (χ0) is 38.3. The number of nitrogens with zero attached hydrogens (tertiary/aromatic N) is 6. The molecule has 7 rings (SSSR count). The minimum absolute atomic E-state index is 0.0409. The number of urea groups is 1. The summed E-state index contributed by atoms with van der Waals surface area (Å²) in [7, 11) is 0. The standard InChI is InChI=1S/C39H45N11O5/c1-2-30(51)45-27-21-28(34(53)33(27)52)50-23-43-32-35(46-31(24-11-5-3-6-12-24)25-13-7-4-8-14-25)47-36(48-37(32)50)38(54)41-18-19-42-39(55)44-26-16-20-49(22-26)29-15-9-10-17-40-29/h3-15,17,23,26-28,31,33-34,52-53H,2,16,18-22H2,1H3,(H,41,54)(H,45,51)(H2,42,44,55)(H,46,47,48)/t26-,27+,28-,33-,34+/m1/s1. The van der Waals surface area contributed by atoms with Crippen molar-refractivity contribution in [2.24, 2.45) is 0 Å². The summed E-state index contributed by atoms with van der Waals surface area (Å²) in [6.45, 7) is 3.40. The monoisotopic (exact) mass is 747 g/mol. The van der Waals surface area contributed by atoms with Crippen LogP contribution in [-0.4, -0.2) is 103 Å². The number of fused-ring (bicyclic) bond motifs is 1. The summed E-state index contributed by atoms with van der Waals surface area (Å²) in [5, 5.41) is 36.9. The predicted octanol–water partition coefficient (Wildman–Crippen LogP) is 2.29. The Morgan fingerprint density at radius 3 is 2.25 bits per heavy atom. The summed E-state index contributed by atoms with van der Waals surface area (Å²) in [5.41, 5.74) is 2.50. The maximum absolute atomic E-state index is 13.7. The number of nitrogens with one attached hydrogen (secondary N) is 5. The zero-order valence-electron chi connectivity index (χ0n) is 30.4. The minimum Gasteiger partial charge on any atom is -0.388 e. The van der Waals surface area contributed by atoms with E-state index < -0.39 is 30.2 Å². The largest absolute Gasteiger partial charge is 0.388 e. The molecule has 4 amide bonds. The molecule has 2 aliphatic rings. The van der Waals surface area contributed by atoms with E-state index in [1.807, 2.05) is 78.9 Å². The van der Waals surface area contributed by atoms with Crippen LogP contribution in [0.15, 0.2) is 91.4 Å².